The van der Waals surface area contributed by atoms with Crippen LogP contribution in [-0.2, 0) is 16.0 Å². The topological polar surface area (TPSA) is 77.2 Å². The van der Waals surface area contributed by atoms with E-state index in [2.05, 4.69) is 34.6 Å². The van der Waals surface area contributed by atoms with E-state index in [1.54, 1.807) is 6.20 Å². The summed E-state index contributed by atoms with van der Waals surface area (Å²) in [5.74, 6) is -0.241. The number of ether oxygens (including phenoxy) is 1. The molecule has 0 bridgehead atoms. The molecule has 2 unspecified atom stereocenters. The van der Waals surface area contributed by atoms with Crippen molar-refractivity contribution in [2.45, 2.75) is 25.4 Å². The predicted octanol–water partition coefficient (Wildman–Crippen LogP) is 2.61. The van der Waals surface area contributed by atoms with Gasteiger partial charge < -0.3 is 15.8 Å². The molecule has 1 aromatic carbocycles. The highest BCUT2D eigenvalue weighted by Crippen LogP contribution is 2.17. The number of nitrogens with one attached hydrogen (secondary N) is 1. The van der Waals surface area contributed by atoms with Crippen LogP contribution in [0.4, 0.5) is 0 Å². The van der Waals surface area contributed by atoms with Crippen LogP contribution in [0.15, 0.2) is 48.7 Å². The molecule has 0 saturated heterocycles. The van der Waals surface area contributed by atoms with Gasteiger partial charge in [-0.2, -0.15) is 0 Å². The minimum atomic E-state index is -0.691. The molecule has 0 fully saturated rings. The Morgan fingerprint density at radius 2 is 1.88 bits per heavy atom. The van der Waals surface area contributed by atoms with Crippen LogP contribution >= 0.6 is 24.8 Å². The quantitative estimate of drug-likeness (QED) is 0.767. The fraction of sp³-hybridized carbons (Fsp3) is 0.333. The highest BCUT2D eigenvalue weighted by atomic mass is 35.5. The number of methoxy groups -OCH3 is 1. The van der Waals surface area contributed by atoms with Gasteiger partial charge in [-0.3, -0.25) is 9.78 Å². The maximum atomic E-state index is 12.2. The van der Waals surface area contributed by atoms with Crippen LogP contribution in [-0.4, -0.2) is 30.6 Å². The first-order valence-electron chi connectivity index (χ1n) is 7.61. The van der Waals surface area contributed by atoms with Crippen LogP contribution in [0, 0.1) is 6.92 Å². The third-order valence-corrected chi connectivity index (χ3v) is 3.60. The second kappa shape index (κ2) is 11.8. The number of pyridine rings is 1. The Balaban J connectivity index is 0.00000288. The van der Waals surface area contributed by atoms with E-state index in [1.807, 2.05) is 25.1 Å². The van der Waals surface area contributed by atoms with Crippen LogP contribution in [0.25, 0.3) is 0 Å². The van der Waals surface area contributed by atoms with E-state index in [9.17, 15) is 4.79 Å². The van der Waals surface area contributed by atoms with Crippen molar-refractivity contribution in [3.05, 3.63) is 65.5 Å². The van der Waals surface area contributed by atoms with Gasteiger partial charge in [-0.15, -0.1) is 24.8 Å². The number of nitrogens with two attached hydrogens (primary N) is 1. The van der Waals surface area contributed by atoms with E-state index in [1.165, 1.54) is 12.7 Å². The zero-order valence-electron chi connectivity index (χ0n) is 14.3. The van der Waals surface area contributed by atoms with Crippen molar-refractivity contribution >= 4 is 30.7 Å². The molecule has 2 rings (SSSR count). The number of amides is 1. The van der Waals surface area contributed by atoms with Gasteiger partial charge in [0.1, 0.15) is 6.04 Å². The average Bonchev–Trinajstić information content (AvgIpc) is 2.57. The summed E-state index contributed by atoms with van der Waals surface area (Å²) in [7, 11) is 1.52. The summed E-state index contributed by atoms with van der Waals surface area (Å²) in [6.45, 7) is 2.23. The van der Waals surface area contributed by atoms with Gasteiger partial charge in [-0.1, -0.05) is 35.9 Å². The number of hydrogen-bond donors (Lipinski definition) is 2. The molecule has 0 radical (unpaired) electrons. The molecular weight excluding hydrogens is 361 g/mol. The van der Waals surface area contributed by atoms with Gasteiger partial charge in [0.25, 0.3) is 0 Å². The number of hydrogen-bond acceptors (Lipinski definition) is 4. The molecule has 0 spiro atoms. The van der Waals surface area contributed by atoms with E-state index in [0.717, 1.165) is 11.3 Å². The molecule has 2 atom stereocenters. The summed E-state index contributed by atoms with van der Waals surface area (Å²) >= 11 is 0. The standard InChI is InChI=1S/C18H23N3O2.2ClH/c1-13-6-8-14(9-7-13)11-17(16-5-3-4-10-20-16)21-18(22)15(19)12-23-2;;/h3-10,15,17H,11-12,19H2,1-2H3,(H,21,22);2*1H. The normalized spacial score (nSPS) is 12.3. The number of rotatable bonds is 7. The van der Waals surface area contributed by atoms with Crippen molar-refractivity contribution in [3.8, 4) is 0 Å². The molecule has 2 aromatic rings. The molecule has 0 aliphatic rings. The van der Waals surface area contributed by atoms with Gasteiger partial charge in [-0.05, 0) is 31.0 Å². The molecule has 138 valence electrons. The molecular formula is C18H25Cl2N3O2. The Morgan fingerprint density at radius 1 is 1.20 bits per heavy atom. The number of carbonyl (C=O) groups is 1. The van der Waals surface area contributed by atoms with Gasteiger partial charge in [0.05, 0.1) is 18.3 Å². The van der Waals surface area contributed by atoms with Gasteiger partial charge in [-0.25, -0.2) is 0 Å². The second-order valence-electron chi connectivity index (χ2n) is 5.57. The third kappa shape index (κ3) is 7.40. The monoisotopic (exact) mass is 385 g/mol. The summed E-state index contributed by atoms with van der Waals surface area (Å²) in [4.78, 5) is 16.6. The number of halogens is 2. The molecule has 0 aliphatic heterocycles. The average molecular weight is 386 g/mol. The van der Waals surface area contributed by atoms with Crippen LogP contribution in [0.5, 0.6) is 0 Å². The van der Waals surface area contributed by atoms with E-state index in [-0.39, 0.29) is 43.4 Å². The van der Waals surface area contributed by atoms with Crippen LogP contribution < -0.4 is 11.1 Å². The SMILES string of the molecule is COCC(N)C(=O)NC(Cc1ccc(C)cc1)c1ccccn1.Cl.Cl. The van der Waals surface area contributed by atoms with Crippen molar-refractivity contribution in [1.82, 2.24) is 10.3 Å². The number of aromatic nitrogens is 1. The number of nitrogens with zero attached hydrogens (tertiary/aromatic N) is 1. The summed E-state index contributed by atoms with van der Waals surface area (Å²) in [5, 5.41) is 2.97. The Hall–Kier alpha value is -1.66. The minimum absolute atomic E-state index is 0. The smallest absolute Gasteiger partial charge is 0.239 e. The molecule has 1 aromatic heterocycles. The number of benzene rings is 1. The molecule has 7 heteroatoms. The Labute approximate surface area is 161 Å². The van der Waals surface area contributed by atoms with E-state index >= 15 is 0 Å². The van der Waals surface area contributed by atoms with Crippen LogP contribution in [0.3, 0.4) is 0 Å². The summed E-state index contributed by atoms with van der Waals surface area (Å²) in [6.07, 6.45) is 2.38. The predicted molar refractivity (Wildman–Crippen MR) is 104 cm³/mol. The maximum absolute atomic E-state index is 12.2. The lowest BCUT2D eigenvalue weighted by Crippen LogP contribution is -2.45. The van der Waals surface area contributed by atoms with Crippen LogP contribution in [0.2, 0.25) is 0 Å². The number of carbonyl (C=O) groups excluding carboxylic acids is 1. The number of aryl methyl sites for hydroxylation is 1. The van der Waals surface area contributed by atoms with Crippen LogP contribution in [0.1, 0.15) is 22.9 Å². The zero-order chi connectivity index (χ0) is 16.7. The molecule has 1 amide bonds. The summed E-state index contributed by atoms with van der Waals surface area (Å²) < 4.78 is 4.94. The fourth-order valence-corrected chi connectivity index (χ4v) is 2.31. The van der Waals surface area contributed by atoms with E-state index in [0.29, 0.717) is 6.42 Å². The Morgan fingerprint density at radius 3 is 2.44 bits per heavy atom. The van der Waals surface area contributed by atoms with Crippen molar-refractivity contribution in [3.63, 3.8) is 0 Å². The molecule has 0 saturated carbocycles. The summed E-state index contributed by atoms with van der Waals surface area (Å²) in [5.41, 5.74) is 8.96. The molecule has 1 heterocycles. The van der Waals surface area contributed by atoms with E-state index in [4.69, 9.17) is 10.5 Å². The minimum Gasteiger partial charge on any atom is -0.383 e. The Kier molecular flexibility index (Phi) is 11.0. The first-order valence-corrected chi connectivity index (χ1v) is 7.61. The highest BCUT2D eigenvalue weighted by molar-refractivity contribution is 5.85. The first kappa shape index (κ1) is 23.3. The third-order valence-electron chi connectivity index (χ3n) is 3.60. The lowest BCUT2D eigenvalue weighted by Gasteiger charge is -2.21. The molecule has 3 N–H and O–H groups in total. The van der Waals surface area contributed by atoms with Crippen molar-refractivity contribution in [2.75, 3.05) is 13.7 Å². The molecule has 25 heavy (non-hydrogen) atoms. The van der Waals surface area contributed by atoms with Gasteiger partial charge in [0, 0.05) is 13.3 Å². The van der Waals surface area contributed by atoms with Crippen molar-refractivity contribution in [1.29, 1.82) is 0 Å². The Bertz CT molecular complexity index is 624. The molecule has 5 nitrogen and oxygen atoms in total. The van der Waals surface area contributed by atoms with Crippen molar-refractivity contribution < 1.29 is 9.53 Å². The highest BCUT2D eigenvalue weighted by Gasteiger charge is 2.20. The summed E-state index contributed by atoms with van der Waals surface area (Å²) in [6, 6.07) is 13.0. The zero-order valence-corrected chi connectivity index (χ0v) is 16.0. The van der Waals surface area contributed by atoms with Crippen molar-refractivity contribution in [2.24, 2.45) is 5.73 Å². The maximum Gasteiger partial charge on any atom is 0.239 e. The molecule has 0 aliphatic carbocycles. The second-order valence-corrected chi connectivity index (χ2v) is 5.57. The fourth-order valence-electron chi connectivity index (χ4n) is 2.31. The van der Waals surface area contributed by atoms with Gasteiger partial charge in [0.15, 0.2) is 0 Å². The van der Waals surface area contributed by atoms with E-state index < -0.39 is 6.04 Å². The largest absolute Gasteiger partial charge is 0.383 e. The lowest BCUT2D eigenvalue weighted by atomic mass is 10.0. The van der Waals surface area contributed by atoms with Gasteiger partial charge >= 0.3 is 0 Å². The lowest BCUT2D eigenvalue weighted by molar-refractivity contribution is -0.124. The first-order chi connectivity index (χ1) is 11.1. The van der Waals surface area contributed by atoms with Gasteiger partial charge in [0.2, 0.25) is 5.91 Å².